The van der Waals surface area contributed by atoms with Gasteiger partial charge in [0.1, 0.15) is 0 Å². The number of hydrogen-bond acceptors (Lipinski definition) is 3. The van der Waals surface area contributed by atoms with Gasteiger partial charge in [-0.3, -0.25) is 4.18 Å². The van der Waals surface area contributed by atoms with Crippen molar-refractivity contribution < 1.29 is 12.6 Å². The van der Waals surface area contributed by atoms with E-state index in [1.807, 2.05) is 13.0 Å². The molecule has 0 fully saturated rings. The average Bonchev–Trinajstić information content (AvgIpc) is 2.74. The Hall–Kier alpha value is -2.43. The summed E-state index contributed by atoms with van der Waals surface area (Å²) in [5, 5.41) is 0. The first-order valence-corrected chi connectivity index (χ1v) is 11.6. The zero-order valence-corrected chi connectivity index (χ0v) is 17.7. The van der Waals surface area contributed by atoms with Gasteiger partial charge in [0.15, 0.2) is 0 Å². The monoisotopic (exact) mass is 408 g/mol. The van der Waals surface area contributed by atoms with Gasteiger partial charge in [-0.05, 0) is 55.0 Å². The van der Waals surface area contributed by atoms with Crippen LogP contribution in [0.4, 0.5) is 0 Å². The third kappa shape index (κ3) is 6.55. The molecule has 0 spiro atoms. The Morgan fingerprint density at radius 3 is 2.00 bits per heavy atom. The van der Waals surface area contributed by atoms with Gasteiger partial charge in [-0.2, -0.15) is 8.42 Å². The van der Waals surface area contributed by atoms with Crippen molar-refractivity contribution in [1.82, 2.24) is 0 Å². The molecule has 0 atom stereocenters. The summed E-state index contributed by atoms with van der Waals surface area (Å²) >= 11 is 0. The molecule has 4 heteroatoms. The third-order valence-electron chi connectivity index (χ3n) is 4.97. The third-order valence-corrected chi connectivity index (χ3v) is 6.30. The Kier molecular flexibility index (Phi) is 7.62. The molecule has 3 aromatic rings. The van der Waals surface area contributed by atoms with E-state index in [9.17, 15) is 8.42 Å². The molecular formula is C25H28O3S. The molecule has 152 valence electrons. The molecule has 0 aliphatic heterocycles. The molecular weight excluding hydrogens is 380 g/mol. The first kappa shape index (κ1) is 21.3. The van der Waals surface area contributed by atoms with Crippen LogP contribution in [0, 0.1) is 6.92 Å². The lowest BCUT2D eigenvalue weighted by atomic mass is 10.0. The Morgan fingerprint density at radius 1 is 0.690 bits per heavy atom. The largest absolute Gasteiger partial charge is 0.296 e. The highest BCUT2D eigenvalue weighted by atomic mass is 32.2. The van der Waals surface area contributed by atoms with Crippen LogP contribution in [-0.4, -0.2) is 15.0 Å². The maximum absolute atomic E-state index is 12.1. The van der Waals surface area contributed by atoms with Crippen molar-refractivity contribution in [3.8, 4) is 11.1 Å². The van der Waals surface area contributed by atoms with E-state index in [1.165, 1.54) is 16.7 Å². The van der Waals surface area contributed by atoms with Crippen molar-refractivity contribution in [2.45, 2.75) is 43.9 Å². The minimum absolute atomic E-state index is 0.224. The summed E-state index contributed by atoms with van der Waals surface area (Å²) in [7, 11) is -3.64. The van der Waals surface area contributed by atoms with E-state index in [0.29, 0.717) is 0 Å². The van der Waals surface area contributed by atoms with Gasteiger partial charge < -0.3 is 0 Å². The van der Waals surface area contributed by atoms with Crippen molar-refractivity contribution >= 4 is 10.1 Å². The topological polar surface area (TPSA) is 43.4 Å². The van der Waals surface area contributed by atoms with Crippen LogP contribution in [0.5, 0.6) is 0 Å². The summed E-state index contributed by atoms with van der Waals surface area (Å²) in [6, 6.07) is 25.9. The second kappa shape index (κ2) is 10.4. The Morgan fingerprint density at radius 2 is 1.31 bits per heavy atom. The Labute approximate surface area is 174 Å². The Bertz CT molecular complexity index is 977. The molecule has 0 unspecified atom stereocenters. The minimum Gasteiger partial charge on any atom is -0.266 e. The van der Waals surface area contributed by atoms with Crippen LogP contribution in [0.25, 0.3) is 11.1 Å². The van der Waals surface area contributed by atoms with Gasteiger partial charge in [0.05, 0.1) is 11.5 Å². The van der Waals surface area contributed by atoms with Gasteiger partial charge in [0, 0.05) is 0 Å². The summed E-state index contributed by atoms with van der Waals surface area (Å²) in [5.41, 5.74) is 4.84. The predicted molar refractivity (Wildman–Crippen MR) is 118 cm³/mol. The van der Waals surface area contributed by atoms with Gasteiger partial charge in [-0.25, -0.2) is 0 Å². The molecule has 0 saturated carbocycles. The van der Waals surface area contributed by atoms with Gasteiger partial charge in [0.2, 0.25) is 0 Å². The zero-order chi connectivity index (χ0) is 20.5. The molecule has 3 nitrogen and oxygen atoms in total. The summed E-state index contributed by atoms with van der Waals surface area (Å²) in [6.07, 6.45) is 4.91. The predicted octanol–water partition coefficient (Wildman–Crippen LogP) is 6.17. The van der Waals surface area contributed by atoms with Crippen molar-refractivity contribution in [1.29, 1.82) is 0 Å². The summed E-state index contributed by atoms with van der Waals surface area (Å²) in [4.78, 5) is 0.224. The fraction of sp³-hybridized carbons (Fsp3) is 0.280. The molecule has 3 aromatic carbocycles. The standard InChI is InChI=1S/C25H28O3S/c1-21-12-18-25(19-13-21)29(26,27)28-20-8-3-2-5-9-22-14-16-24(17-15-22)23-10-6-4-7-11-23/h4,6-7,10-19H,2-3,5,8-9,20H2,1H3. The number of rotatable bonds is 10. The highest BCUT2D eigenvalue weighted by molar-refractivity contribution is 7.86. The van der Waals surface area contributed by atoms with Gasteiger partial charge in [0.25, 0.3) is 10.1 Å². The first-order valence-electron chi connectivity index (χ1n) is 10.1. The van der Waals surface area contributed by atoms with Crippen LogP contribution in [0.3, 0.4) is 0 Å². The van der Waals surface area contributed by atoms with Crippen molar-refractivity contribution in [2.24, 2.45) is 0 Å². The summed E-state index contributed by atoms with van der Waals surface area (Å²) < 4.78 is 29.4. The SMILES string of the molecule is Cc1ccc(S(=O)(=O)OCCCCCCc2ccc(-c3ccccc3)cc2)cc1. The maximum Gasteiger partial charge on any atom is 0.296 e. The number of benzene rings is 3. The molecule has 0 amide bonds. The highest BCUT2D eigenvalue weighted by Crippen LogP contribution is 2.20. The van der Waals surface area contributed by atoms with E-state index >= 15 is 0 Å². The van der Waals surface area contributed by atoms with Gasteiger partial charge in [-0.1, -0.05) is 85.1 Å². The van der Waals surface area contributed by atoms with Crippen molar-refractivity contribution in [3.63, 3.8) is 0 Å². The fourth-order valence-corrected chi connectivity index (χ4v) is 4.16. The zero-order valence-electron chi connectivity index (χ0n) is 16.9. The average molecular weight is 409 g/mol. The van der Waals surface area contributed by atoms with E-state index in [0.717, 1.165) is 37.7 Å². The molecule has 29 heavy (non-hydrogen) atoms. The lowest BCUT2D eigenvalue weighted by Gasteiger charge is -2.07. The van der Waals surface area contributed by atoms with E-state index in [-0.39, 0.29) is 11.5 Å². The number of hydrogen-bond donors (Lipinski definition) is 0. The lowest BCUT2D eigenvalue weighted by Crippen LogP contribution is -2.07. The van der Waals surface area contributed by atoms with Crippen LogP contribution in [0.2, 0.25) is 0 Å². The highest BCUT2D eigenvalue weighted by Gasteiger charge is 2.14. The molecule has 0 saturated heterocycles. The van der Waals surface area contributed by atoms with E-state index in [1.54, 1.807) is 24.3 Å². The summed E-state index contributed by atoms with van der Waals surface area (Å²) in [5.74, 6) is 0. The maximum atomic E-state index is 12.1. The van der Waals surface area contributed by atoms with Crippen LogP contribution in [0.15, 0.2) is 83.8 Å². The second-order valence-corrected chi connectivity index (χ2v) is 8.93. The van der Waals surface area contributed by atoms with Crippen molar-refractivity contribution in [2.75, 3.05) is 6.61 Å². The molecule has 0 bridgehead atoms. The quantitative estimate of drug-likeness (QED) is 0.298. The number of aryl methyl sites for hydroxylation is 2. The molecule has 0 radical (unpaired) electrons. The minimum atomic E-state index is -3.64. The Balaban J connectivity index is 1.33. The van der Waals surface area contributed by atoms with E-state index in [4.69, 9.17) is 4.18 Å². The van der Waals surface area contributed by atoms with E-state index in [2.05, 4.69) is 48.5 Å². The van der Waals surface area contributed by atoms with Crippen LogP contribution in [0.1, 0.15) is 36.8 Å². The normalized spacial score (nSPS) is 11.5. The van der Waals surface area contributed by atoms with Gasteiger partial charge in [-0.15, -0.1) is 0 Å². The second-order valence-electron chi connectivity index (χ2n) is 7.32. The molecule has 0 aromatic heterocycles. The first-order chi connectivity index (χ1) is 14.0. The van der Waals surface area contributed by atoms with Crippen LogP contribution in [-0.2, 0) is 20.7 Å². The van der Waals surface area contributed by atoms with Crippen LogP contribution < -0.4 is 0 Å². The smallest absolute Gasteiger partial charge is 0.266 e. The lowest BCUT2D eigenvalue weighted by molar-refractivity contribution is 0.306. The van der Waals surface area contributed by atoms with E-state index < -0.39 is 10.1 Å². The van der Waals surface area contributed by atoms with Crippen molar-refractivity contribution in [3.05, 3.63) is 90.0 Å². The summed E-state index contributed by atoms with van der Waals surface area (Å²) in [6.45, 7) is 2.16. The molecule has 0 heterocycles. The number of unbranched alkanes of at least 4 members (excludes halogenated alkanes) is 3. The fourth-order valence-electron chi connectivity index (χ4n) is 3.22. The molecule has 0 N–H and O–H groups in total. The van der Waals surface area contributed by atoms with Crippen LogP contribution >= 0.6 is 0 Å². The molecule has 3 rings (SSSR count). The molecule has 0 aliphatic carbocycles. The molecule has 0 aliphatic rings. The van der Waals surface area contributed by atoms with Gasteiger partial charge >= 0.3 is 0 Å².